The molecule has 2 fully saturated rings. The van der Waals surface area contributed by atoms with E-state index in [4.69, 9.17) is 0 Å². The molecule has 5 nitrogen and oxygen atoms in total. The average molecular weight is 253 g/mol. The van der Waals surface area contributed by atoms with Gasteiger partial charge in [-0.3, -0.25) is 14.5 Å². The number of likely N-dealkylation sites (N-methyl/N-ethyl adjacent to an activating group) is 1. The van der Waals surface area contributed by atoms with Gasteiger partial charge in [-0.15, -0.1) is 0 Å². The Balaban J connectivity index is 1.91. The fourth-order valence-electron chi connectivity index (χ4n) is 2.83. The minimum Gasteiger partial charge on any atom is -0.347 e. The molecule has 0 radical (unpaired) electrons. The summed E-state index contributed by atoms with van der Waals surface area (Å²) in [4.78, 5) is 29.7. The van der Waals surface area contributed by atoms with Crippen LogP contribution in [-0.2, 0) is 9.59 Å². The Labute approximate surface area is 109 Å². The van der Waals surface area contributed by atoms with Crippen LogP contribution in [0.5, 0.6) is 0 Å². The zero-order valence-corrected chi connectivity index (χ0v) is 11.4. The van der Waals surface area contributed by atoms with Gasteiger partial charge in [0.15, 0.2) is 0 Å². The molecule has 2 rings (SSSR count). The molecule has 0 N–H and O–H groups in total. The van der Waals surface area contributed by atoms with Crippen molar-refractivity contribution in [1.82, 2.24) is 14.7 Å². The highest BCUT2D eigenvalue weighted by Crippen LogP contribution is 2.19. The van der Waals surface area contributed by atoms with Gasteiger partial charge in [0.05, 0.1) is 12.6 Å². The highest BCUT2D eigenvalue weighted by atomic mass is 16.2. The Hall–Kier alpha value is -1.10. The van der Waals surface area contributed by atoms with Crippen LogP contribution >= 0.6 is 0 Å². The van der Waals surface area contributed by atoms with Crippen molar-refractivity contribution in [2.45, 2.75) is 31.7 Å². The van der Waals surface area contributed by atoms with Crippen LogP contribution in [0.2, 0.25) is 0 Å². The van der Waals surface area contributed by atoms with Crippen LogP contribution in [0.1, 0.15) is 25.7 Å². The number of carbonyl (C=O) groups excluding carboxylic acids is 2. The molecule has 2 saturated heterocycles. The van der Waals surface area contributed by atoms with Crippen molar-refractivity contribution >= 4 is 11.8 Å². The monoisotopic (exact) mass is 253 g/mol. The quantitative estimate of drug-likeness (QED) is 0.720. The Bertz CT molecular complexity index is 324. The lowest BCUT2D eigenvalue weighted by atomic mass is 10.2. The molecule has 0 aromatic rings. The van der Waals surface area contributed by atoms with E-state index in [1.165, 1.54) is 0 Å². The van der Waals surface area contributed by atoms with Crippen LogP contribution in [0.3, 0.4) is 0 Å². The molecule has 5 heteroatoms. The van der Waals surface area contributed by atoms with E-state index in [2.05, 4.69) is 0 Å². The topological polar surface area (TPSA) is 43.9 Å². The van der Waals surface area contributed by atoms with Crippen molar-refractivity contribution in [3.63, 3.8) is 0 Å². The van der Waals surface area contributed by atoms with Gasteiger partial charge in [-0.1, -0.05) is 0 Å². The highest BCUT2D eigenvalue weighted by molar-refractivity contribution is 5.83. The van der Waals surface area contributed by atoms with Gasteiger partial charge >= 0.3 is 0 Å². The Morgan fingerprint density at radius 2 is 1.78 bits per heavy atom. The molecule has 1 unspecified atom stereocenters. The Morgan fingerprint density at radius 1 is 1.11 bits per heavy atom. The van der Waals surface area contributed by atoms with E-state index < -0.39 is 0 Å². The van der Waals surface area contributed by atoms with Crippen LogP contribution in [0.25, 0.3) is 0 Å². The summed E-state index contributed by atoms with van der Waals surface area (Å²) in [6.45, 7) is 3.05. The van der Waals surface area contributed by atoms with Crippen molar-refractivity contribution in [3.8, 4) is 0 Å². The fraction of sp³-hybridized carbons (Fsp3) is 0.846. The molecular weight excluding hydrogens is 230 g/mol. The van der Waals surface area contributed by atoms with Crippen molar-refractivity contribution in [2.24, 2.45) is 0 Å². The summed E-state index contributed by atoms with van der Waals surface area (Å²) < 4.78 is 0. The van der Waals surface area contributed by atoms with Gasteiger partial charge in [-0.05, 0) is 32.2 Å². The summed E-state index contributed by atoms with van der Waals surface area (Å²) in [5.41, 5.74) is 0. The lowest BCUT2D eigenvalue weighted by molar-refractivity contribution is -0.136. The van der Waals surface area contributed by atoms with Crippen LogP contribution in [0.4, 0.5) is 0 Å². The highest BCUT2D eigenvalue weighted by Gasteiger charge is 2.33. The number of hydrogen-bond donors (Lipinski definition) is 0. The Kier molecular flexibility index (Phi) is 4.22. The van der Waals surface area contributed by atoms with E-state index in [-0.39, 0.29) is 17.9 Å². The molecule has 0 saturated carbocycles. The first-order valence-electron chi connectivity index (χ1n) is 6.82. The molecule has 0 bridgehead atoms. The standard InChI is InChI=1S/C13H23N3O2/c1-14(2)13(18)11-6-5-9-16(11)10-12(17)15-7-3-4-8-15/h11H,3-10H2,1-2H3. The average Bonchev–Trinajstić information content (AvgIpc) is 2.98. The van der Waals surface area contributed by atoms with E-state index in [0.717, 1.165) is 45.3 Å². The van der Waals surface area contributed by atoms with Crippen molar-refractivity contribution < 1.29 is 9.59 Å². The normalized spacial score (nSPS) is 24.6. The lowest BCUT2D eigenvalue weighted by Crippen LogP contribution is -2.47. The number of carbonyl (C=O) groups is 2. The first-order valence-corrected chi connectivity index (χ1v) is 6.82. The van der Waals surface area contributed by atoms with Gasteiger partial charge in [-0.2, -0.15) is 0 Å². The molecule has 2 aliphatic rings. The molecule has 1 atom stereocenters. The number of rotatable bonds is 3. The Morgan fingerprint density at radius 3 is 2.39 bits per heavy atom. The maximum atomic E-state index is 12.1. The minimum absolute atomic E-state index is 0.0912. The molecule has 0 aliphatic carbocycles. The second-order valence-electron chi connectivity index (χ2n) is 5.45. The summed E-state index contributed by atoms with van der Waals surface area (Å²) >= 11 is 0. The molecular formula is C13H23N3O2. The molecule has 102 valence electrons. The largest absolute Gasteiger partial charge is 0.347 e. The predicted molar refractivity (Wildman–Crippen MR) is 69.1 cm³/mol. The van der Waals surface area contributed by atoms with Gasteiger partial charge in [0.25, 0.3) is 0 Å². The van der Waals surface area contributed by atoms with E-state index >= 15 is 0 Å². The fourth-order valence-corrected chi connectivity index (χ4v) is 2.83. The summed E-state index contributed by atoms with van der Waals surface area (Å²) in [5, 5.41) is 0. The number of nitrogens with zero attached hydrogens (tertiary/aromatic N) is 3. The van der Waals surface area contributed by atoms with Gasteiger partial charge in [0.1, 0.15) is 0 Å². The number of hydrogen-bond acceptors (Lipinski definition) is 3. The molecule has 2 aliphatic heterocycles. The molecule has 0 spiro atoms. The summed E-state index contributed by atoms with van der Waals surface area (Å²) in [7, 11) is 3.56. The van der Waals surface area contributed by atoms with Gasteiger partial charge in [0, 0.05) is 27.2 Å². The van der Waals surface area contributed by atoms with E-state index in [1.54, 1.807) is 19.0 Å². The van der Waals surface area contributed by atoms with Crippen LogP contribution in [-0.4, -0.2) is 72.8 Å². The van der Waals surface area contributed by atoms with Gasteiger partial charge < -0.3 is 9.80 Å². The van der Waals surface area contributed by atoms with Crippen LogP contribution in [0.15, 0.2) is 0 Å². The SMILES string of the molecule is CN(C)C(=O)C1CCCN1CC(=O)N1CCCC1. The van der Waals surface area contributed by atoms with Crippen LogP contribution in [0, 0.1) is 0 Å². The van der Waals surface area contributed by atoms with E-state index in [9.17, 15) is 9.59 Å². The minimum atomic E-state index is -0.0912. The third-order valence-electron chi connectivity index (χ3n) is 3.89. The first kappa shape index (κ1) is 13.3. The third-order valence-corrected chi connectivity index (χ3v) is 3.89. The van der Waals surface area contributed by atoms with E-state index in [0.29, 0.717) is 6.54 Å². The molecule has 2 amide bonds. The smallest absolute Gasteiger partial charge is 0.239 e. The molecule has 0 aromatic heterocycles. The first-order chi connectivity index (χ1) is 8.59. The summed E-state index contributed by atoms with van der Waals surface area (Å²) in [6.07, 6.45) is 4.12. The molecule has 2 heterocycles. The predicted octanol–water partition coefficient (Wildman–Crippen LogP) is 0.161. The lowest BCUT2D eigenvalue weighted by Gasteiger charge is -2.27. The van der Waals surface area contributed by atoms with Crippen molar-refractivity contribution in [1.29, 1.82) is 0 Å². The maximum Gasteiger partial charge on any atom is 0.239 e. The molecule has 18 heavy (non-hydrogen) atoms. The van der Waals surface area contributed by atoms with E-state index in [1.807, 2.05) is 9.80 Å². The zero-order valence-electron chi connectivity index (χ0n) is 11.4. The van der Waals surface area contributed by atoms with Crippen molar-refractivity contribution in [2.75, 3.05) is 40.3 Å². The third kappa shape index (κ3) is 2.83. The summed E-state index contributed by atoms with van der Waals surface area (Å²) in [5.74, 6) is 0.313. The van der Waals surface area contributed by atoms with Crippen molar-refractivity contribution in [3.05, 3.63) is 0 Å². The maximum absolute atomic E-state index is 12.1. The van der Waals surface area contributed by atoms with Gasteiger partial charge in [0.2, 0.25) is 11.8 Å². The summed E-state index contributed by atoms with van der Waals surface area (Å²) in [6, 6.07) is -0.0912. The number of amides is 2. The van der Waals surface area contributed by atoms with Gasteiger partial charge in [-0.25, -0.2) is 0 Å². The molecule has 0 aromatic carbocycles. The second kappa shape index (κ2) is 5.69. The number of likely N-dealkylation sites (tertiary alicyclic amines) is 2. The second-order valence-corrected chi connectivity index (χ2v) is 5.45. The van der Waals surface area contributed by atoms with Crippen LogP contribution < -0.4 is 0 Å². The zero-order chi connectivity index (χ0) is 13.1.